The minimum Gasteiger partial charge on any atom is -0.457 e. The Hall–Kier alpha value is -5.08. The van der Waals surface area contributed by atoms with E-state index in [-0.39, 0.29) is 90.9 Å². The first kappa shape index (κ1) is 93.3. The summed E-state index contributed by atoms with van der Waals surface area (Å²) in [7, 11) is 0. The topological polar surface area (TPSA) is 258 Å². The van der Waals surface area contributed by atoms with Crippen molar-refractivity contribution in [2.45, 2.75) is 328 Å². The average molecular weight is 1500 g/mol. The number of ketones is 3. The Morgan fingerprint density at radius 2 is 0.708 bits per heavy atom. The van der Waals surface area contributed by atoms with Crippen molar-refractivity contribution in [3.05, 3.63) is 71.4 Å². The summed E-state index contributed by atoms with van der Waals surface area (Å²) in [6, 6.07) is 0. The first-order chi connectivity index (χ1) is 48.4. The van der Waals surface area contributed by atoms with Crippen molar-refractivity contribution in [2.24, 2.45) is 85.8 Å². The molecule has 0 unspecified atom stereocenters. The second-order valence-electron chi connectivity index (χ2n) is 32.7. The van der Waals surface area contributed by atoms with Crippen LogP contribution in [0.5, 0.6) is 0 Å². The molecule has 0 aliphatic heterocycles. The van der Waals surface area contributed by atoms with E-state index in [1.165, 1.54) is 0 Å². The molecule has 19 heteroatoms. The summed E-state index contributed by atoms with van der Waals surface area (Å²) in [5.41, 5.74) is -12.6. The van der Waals surface area contributed by atoms with Gasteiger partial charge in [-0.2, -0.15) is 0 Å². The van der Waals surface area contributed by atoms with Gasteiger partial charge in [0, 0.05) is 87.8 Å². The molecule has 0 aromatic carbocycles. The van der Waals surface area contributed by atoms with E-state index in [0.717, 1.165) is 36.0 Å². The molecule has 0 amide bonds. The van der Waals surface area contributed by atoms with Crippen LogP contribution in [0.3, 0.4) is 0 Å². The minimum atomic E-state index is -1.85. The molecule has 0 saturated heterocycles. The number of aliphatic hydroxyl groups is 5. The number of esters is 4. The lowest BCUT2D eigenvalue weighted by atomic mass is 9.44. The number of hydrogen-bond acceptors (Lipinski definition) is 16. The molecule has 0 heterocycles. The molecule has 12 aliphatic carbocycles. The number of carbonyl (C=O) groups excluding carboxylic acids is 7. The second-order valence-corrected chi connectivity index (χ2v) is 32.7. The summed E-state index contributed by atoms with van der Waals surface area (Å²) in [5, 5.41) is 55.1. The van der Waals surface area contributed by atoms with E-state index < -0.39 is 175 Å². The van der Waals surface area contributed by atoms with Gasteiger partial charge in [-0.05, 0) is 120 Å². The highest BCUT2D eigenvalue weighted by Crippen LogP contribution is 2.75. The zero-order valence-corrected chi connectivity index (χ0v) is 65.5. The molecule has 604 valence electrons. The van der Waals surface area contributed by atoms with Gasteiger partial charge in [-0.1, -0.05) is 225 Å². The lowest BCUT2D eigenvalue weighted by Crippen LogP contribution is -2.70. The lowest BCUT2D eigenvalue weighted by Gasteiger charge is -2.63. The maximum Gasteiger partial charge on any atom is 0.306 e. The molecule has 0 aromatic rings. The van der Waals surface area contributed by atoms with E-state index in [9.17, 15) is 59.1 Å². The number of rotatable bonds is 14. The van der Waals surface area contributed by atoms with Crippen LogP contribution in [0.1, 0.15) is 276 Å². The van der Waals surface area contributed by atoms with Crippen LogP contribution < -0.4 is 0 Å². The van der Waals surface area contributed by atoms with Crippen molar-refractivity contribution >= 4 is 41.2 Å². The molecule has 9 fully saturated rings. The Kier molecular flexibility index (Phi) is 30.5. The molecule has 12 rings (SSSR count). The number of ether oxygens (including phenoxy) is 4. The zero-order valence-electron chi connectivity index (χ0n) is 65.5. The Bertz CT molecular complexity index is 3200. The number of Topliss-reactive ketones (excluding diaryl/α,β-unsaturated/α-hetero) is 3. The molecule has 106 heavy (non-hydrogen) atoms. The van der Waals surface area contributed by atoms with Crippen LogP contribution in [0.15, 0.2) is 71.4 Å². The average Bonchev–Trinajstić information content (AvgIpc) is 1.39. The Labute approximate surface area is 634 Å². The number of alkyl halides is 3. The fourth-order valence-corrected chi connectivity index (χ4v) is 23.8. The molecule has 24 atom stereocenters. The standard InChI is InChI=1S/2C28H39FO6.C22H31FO4.3C2H6.3CH4/c2*1-6-23(32)34-16-22(31)28(35-24(33)7-2)17(3)14-20-19-12-11-18-10-8-9-13-25(18,4)27(19,29)21(30)15-26(20,28)5;1-13-10-16-15-8-7-14-6-4-5-9-19(14,2)21(15,23)17(25)11-20(16,3)22(13,27)18(26)12-24;3*1-2;;;/h2*8-10,17,19-21,30H,6-7,11-16H2,1-5H3;4-6,13,15-17,24-25,27H,7-12H2,1-3H3;3*1-2H3;3*1H4/t2*17-,19-,20-,21-,25-,26-,27-,28-;13-,15-,16-,17-,19-,20-,21-,22-;;;;;;/m000....../s1. The van der Waals surface area contributed by atoms with Crippen LogP contribution in [-0.2, 0) is 52.5 Å². The molecule has 0 radical (unpaired) electrons. The zero-order chi connectivity index (χ0) is 77.5. The molecule has 0 spiro atoms. The van der Waals surface area contributed by atoms with E-state index in [0.29, 0.717) is 57.8 Å². The van der Waals surface area contributed by atoms with Crippen LogP contribution in [-0.4, -0.2) is 139 Å². The predicted octanol–water partition coefficient (Wildman–Crippen LogP) is 17.0. The first-order valence-corrected chi connectivity index (χ1v) is 39.3. The van der Waals surface area contributed by atoms with Gasteiger partial charge in [0.05, 0.1) is 18.3 Å². The fraction of sp³-hybridized carbons (Fsp3) is 0.782. The molecule has 5 N–H and O–H groups in total. The van der Waals surface area contributed by atoms with Crippen molar-refractivity contribution in [3.63, 3.8) is 0 Å². The quantitative estimate of drug-likeness (QED) is 0.0800. The maximum absolute atomic E-state index is 17.4. The van der Waals surface area contributed by atoms with Crippen LogP contribution in [0.2, 0.25) is 0 Å². The van der Waals surface area contributed by atoms with Gasteiger partial charge in [-0.15, -0.1) is 0 Å². The van der Waals surface area contributed by atoms with Gasteiger partial charge >= 0.3 is 23.9 Å². The van der Waals surface area contributed by atoms with Crippen molar-refractivity contribution in [1.82, 2.24) is 0 Å². The summed E-state index contributed by atoms with van der Waals surface area (Å²) < 4.78 is 74.0. The molecule has 16 nitrogen and oxygen atoms in total. The van der Waals surface area contributed by atoms with Crippen molar-refractivity contribution < 1.29 is 91.2 Å². The number of halogens is 3. The van der Waals surface area contributed by atoms with Crippen LogP contribution in [0.4, 0.5) is 13.2 Å². The Morgan fingerprint density at radius 1 is 0.434 bits per heavy atom. The van der Waals surface area contributed by atoms with Crippen molar-refractivity contribution in [1.29, 1.82) is 0 Å². The molecule has 0 aromatic heterocycles. The smallest absolute Gasteiger partial charge is 0.306 e. The first-order valence-electron chi connectivity index (χ1n) is 39.3. The van der Waals surface area contributed by atoms with Gasteiger partial charge in [0.1, 0.15) is 29.2 Å². The number of aliphatic hydroxyl groups excluding tert-OH is 4. The van der Waals surface area contributed by atoms with Crippen LogP contribution >= 0.6 is 0 Å². The highest BCUT2D eigenvalue weighted by molar-refractivity contribution is 5.95. The molecule has 0 bridgehead atoms. The van der Waals surface area contributed by atoms with Gasteiger partial charge in [0.25, 0.3) is 0 Å². The third-order valence-corrected chi connectivity index (χ3v) is 28.9. The van der Waals surface area contributed by atoms with E-state index in [1.807, 2.05) is 159 Å². The van der Waals surface area contributed by atoms with Crippen molar-refractivity contribution in [3.8, 4) is 0 Å². The minimum absolute atomic E-state index is 0. The third kappa shape index (κ3) is 13.5. The highest BCUT2D eigenvalue weighted by Gasteiger charge is 2.80. The number of fused-ring (bicyclic) bond motifs is 15. The summed E-state index contributed by atoms with van der Waals surface area (Å²) in [4.78, 5) is 89.1. The van der Waals surface area contributed by atoms with Crippen molar-refractivity contribution in [2.75, 3.05) is 19.8 Å². The van der Waals surface area contributed by atoms with E-state index in [2.05, 4.69) is 0 Å². The summed E-state index contributed by atoms with van der Waals surface area (Å²) in [5.74, 6) is -7.00. The van der Waals surface area contributed by atoms with E-state index in [1.54, 1.807) is 27.7 Å². The largest absolute Gasteiger partial charge is 0.457 e. The summed E-state index contributed by atoms with van der Waals surface area (Å²) in [6.45, 7) is 33.7. The lowest BCUT2D eigenvalue weighted by molar-refractivity contribution is -0.234. The second kappa shape index (κ2) is 34.7. The summed E-state index contributed by atoms with van der Waals surface area (Å²) >= 11 is 0. The van der Waals surface area contributed by atoms with Gasteiger partial charge in [0.15, 0.2) is 30.2 Å². The van der Waals surface area contributed by atoms with Gasteiger partial charge in [-0.25, -0.2) is 13.2 Å². The van der Waals surface area contributed by atoms with Crippen LogP contribution in [0.25, 0.3) is 0 Å². The van der Waals surface area contributed by atoms with Gasteiger partial charge in [-0.3, -0.25) is 33.6 Å². The number of allylic oxidation sites excluding steroid dienone is 12. The molecule has 9 saturated carbocycles. The SMILES string of the molecule is C.C.C.CC.CC.CC.CCC(=O)OCC(=O)[C@@]1(OC(=O)CC)[C@@H](C)C[C@H]2[C@@H]3CCC4=CC=CC[C@]4(C)[C@@]3(F)[C@@H](O)C[C@@]21C.CCC(=O)OCC(=O)[C@@]1(OC(=O)CC)[C@@H](C)C[C@H]2[C@@H]3CCC4=CC=CC[C@]4(C)[C@@]3(F)[C@@H](O)C[C@@]21C.C[C@H]1C[C@H]2[C@@H]3CCC4=CC=CC[C@]4(C)[C@@]3(F)[C@@H](O)C[C@]2(C)[C@@]1(O)C(=O)CO. The van der Waals surface area contributed by atoms with E-state index in [4.69, 9.17) is 18.9 Å². The Morgan fingerprint density at radius 3 is 0.991 bits per heavy atom. The number of hydrogen-bond donors (Lipinski definition) is 5. The maximum atomic E-state index is 17.4. The normalized spacial score (nSPS) is 42.9. The molecular formula is C87H139F3O16. The Balaban J connectivity index is 0.000000322. The number of carbonyl (C=O) groups is 7. The van der Waals surface area contributed by atoms with E-state index >= 15 is 13.2 Å². The van der Waals surface area contributed by atoms with Gasteiger partial charge < -0.3 is 44.5 Å². The fourth-order valence-electron chi connectivity index (χ4n) is 23.8. The molecular weight excluding hydrogens is 1360 g/mol. The monoisotopic (exact) mass is 1500 g/mol. The molecule has 12 aliphatic rings. The third-order valence-electron chi connectivity index (χ3n) is 28.9. The summed E-state index contributed by atoms with van der Waals surface area (Å²) in [6.07, 6.45) is 21.3. The predicted molar refractivity (Wildman–Crippen MR) is 410 cm³/mol. The van der Waals surface area contributed by atoms with Gasteiger partial charge in [0.2, 0.25) is 11.6 Å². The van der Waals surface area contributed by atoms with Crippen LogP contribution in [0, 0.1) is 85.8 Å². The highest BCUT2D eigenvalue weighted by atomic mass is 19.2.